The predicted molar refractivity (Wildman–Crippen MR) is 142 cm³/mol. The predicted octanol–water partition coefficient (Wildman–Crippen LogP) is 4.21. The third-order valence-electron chi connectivity index (χ3n) is 6.63. The first-order valence-corrected chi connectivity index (χ1v) is 13.6. The van der Waals surface area contributed by atoms with Crippen LogP contribution in [0.25, 0.3) is 11.0 Å². The number of piperidine rings is 1. The molecule has 192 valence electrons. The lowest BCUT2D eigenvalue weighted by Crippen LogP contribution is -2.37. The van der Waals surface area contributed by atoms with Crippen LogP contribution in [-0.4, -0.2) is 34.0 Å². The number of hydrogen-bond acceptors (Lipinski definition) is 7. The summed E-state index contributed by atoms with van der Waals surface area (Å²) in [5.41, 5.74) is 2.99. The summed E-state index contributed by atoms with van der Waals surface area (Å²) in [7, 11) is -3.99. The lowest BCUT2D eigenvalue weighted by molar-refractivity contribution is -0.117. The highest BCUT2D eigenvalue weighted by Gasteiger charge is 2.27. The zero-order chi connectivity index (χ0) is 26.1. The fourth-order valence-corrected chi connectivity index (χ4v) is 5.75. The second kappa shape index (κ2) is 9.97. The second-order valence-corrected chi connectivity index (χ2v) is 11.9. The molecule has 8 nitrogen and oxygen atoms in total. The van der Waals surface area contributed by atoms with E-state index < -0.39 is 15.9 Å². The molecule has 9 heteroatoms. The van der Waals surface area contributed by atoms with Crippen molar-refractivity contribution in [2.75, 3.05) is 29.9 Å². The Kier molecular flexibility index (Phi) is 7.13. The van der Waals surface area contributed by atoms with E-state index in [1.54, 1.807) is 24.3 Å². The van der Waals surface area contributed by atoms with E-state index in [2.05, 4.69) is 24.1 Å². The van der Waals surface area contributed by atoms with Crippen molar-refractivity contribution in [2.45, 2.75) is 51.9 Å². The first-order valence-electron chi connectivity index (χ1n) is 12.1. The third-order valence-corrected chi connectivity index (χ3v) is 8.12. The normalized spacial score (nSPS) is 15.6. The van der Waals surface area contributed by atoms with Crippen LogP contribution in [0.3, 0.4) is 0 Å². The van der Waals surface area contributed by atoms with E-state index in [9.17, 15) is 18.0 Å². The Morgan fingerprint density at radius 2 is 1.81 bits per heavy atom. The Balaban J connectivity index is 1.59. The standard InChI is InChI=1S/C27H33N3O5S/c1-18-15-20(9-12-28-22-7-5-6-8-24(22)36(33,34)29-19(2)31)26-21(16-18)23(32)17-25(35-26)30-13-10-27(3,4)11-14-30/h5-8,15-17,28H,9-14H2,1-4H3,(H,29,31). The largest absolute Gasteiger partial charge is 0.440 e. The average Bonchev–Trinajstić information content (AvgIpc) is 2.79. The molecule has 0 spiro atoms. The molecule has 1 aliphatic heterocycles. The molecule has 2 N–H and O–H groups in total. The lowest BCUT2D eigenvalue weighted by atomic mass is 9.83. The van der Waals surface area contributed by atoms with Gasteiger partial charge in [-0.2, -0.15) is 0 Å². The number of hydrogen-bond donors (Lipinski definition) is 2. The number of carbonyl (C=O) groups is 1. The number of fused-ring (bicyclic) bond motifs is 1. The fourth-order valence-electron chi connectivity index (χ4n) is 4.57. The summed E-state index contributed by atoms with van der Waals surface area (Å²) in [6, 6.07) is 11.9. The molecule has 0 atom stereocenters. The maximum Gasteiger partial charge on any atom is 0.266 e. The zero-order valence-corrected chi connectivity index (χ0v) is 22.0. The highest BCUT2D eigenvalue weighted by Crippen LogP contribution is 2.33. The Bertz CT molecular complexity index is 1450. The smallest absolute Gasteiger partial charge is 0.266 e. The van der Waals surface area contributed by atoms with E-state index >= 15 is 0 Å². The minimum atomic E-state index is -3.99. The number of amides is 1. The van der Waals surface area contributed by atoms with Crippen LogP contribution in [0, 0.1) is 12.3 Å². The van der Waals surface area contributed by atoms with Crippen molar-refractivity contribution in [3.05, 3.63) is 63.8 Å². The molecule has 1 amide bonds. The monoisotopic (exact) mass is 511 g/mol. The van der Waals surface area contributed by atoms with E-state index in [0.717, 1.165) is 44.0 Å². The van der Waals surface area contributed by atoms with Gasteiger partial charge in [0.2, 0.25) is 5.91 Å². The van der Waals surface area contributed by atoms with Crippen LogP contribution in [0.5, 0.6) is 0 Å². The number of sulfonamides is 1. The van der Waals surface area contributed by atoms with Crippen molar-refractivity contribution in [1.82, 2.24) is 4.72 Å². The van der Waals surface area contributed by atoms with Gasteiger partial charge in [-0.1, -0.05) is 32.0 Å². The second-order valence-electron chi connectivity index (χ2n) is 10.2. The Morgan fingerprint density at radius 3 is 2.50 bits per heavy atom. The van der Waals surface area contributed by atoms with E-state index in [1.165, 1.54) is 6.07 Å². The Morgan fingerprint density at radius 1 is 1.11 bits per heavy atom. The fraction of sp³-hybridized carbons (Fsp3) is 0.407. The maximum absolute atomic E-state index is 13.0. The number of aryl methyl sites for hydroxylation is 1. The molecular formula is C27H33N3O5S. The lowest BCUT2D eigenvalue weighted by Gasteiger charge is -2.37. The quantitative estimate of drug-likeness (QED) is 0.489. The van der Waals surface area contributed by atoms with E-state index in [1.807, 2.05) is 23.8 Å². The number of carbonyl (C=O) groups excluding carboxylic acids is 1. The van der Waals surface area contributed by atoms with Crippen LogP contribution in [0.1, 0.15) is 44.7 Å². The molecule has 3 aromatic rings. The molecule has 4 rings (SSSR count). The average molecular weight is 512 g/mol. The molecule has 1 fully saturated rings. The number of nitrogens with zero attached hydrogens (tertiary/aromatic N) is 1. The molecule has 0 saturated carbocycles. The molecular weight excluding hydrogens is 478 g/mol. The van der Waals surface area contributed by atoms with Gasteiger partial charge in [0.05, 0.1) is 11.1 Å². The molecule has 0 bridgehead atoms. The van der Waals surface area contributed by atoms with Gasteiger partial charge in [0, 0.05) is 32.6 Å². The van der Waals surface area contributed by atoms with Gasteiger partial charge in [-0.15, -0.1) is 0 Å². The number of benzene rings is 2. The summed E-state index contributed by atoms with van der Waals surface area (Å²) in [5, 5.41) is 3.71. The van der Waals surface area contributed by atoms with Crippen molar-refractivity contribution in [1.29, 1.82) is 0 Å². The molecule has 0 radical (unpaired) electrons. The van der Waals surface area contributed by atoms with Crippen molar-refractivity contribution in [3.8, 4) is 0 Å². The highest BCUT2D eigenvalue weighted by molar-refractivity contribution is 7.90. The van der Waals surface area contributed by atoms with Gasteiger partial charge in [0.1, 0.15) is 10.5 Å². The van der Waals surface area contributed by atoms with Crippen molar-refractivity contribution in [2.24, 2.45) is 5.41 Å². The van der Waals surface area contributed by atoms with E-state index in [0.29, 0.717) is 35.5 Å². The summed E-state index contributed by atoms with van der Waals surface area (Å²) < 4.78 is 33.4. The SMILES string of the molecule is CC(=O)NS(=O)(=O)c1ccccc1NCCc1cc(C)cc2c(=O)cc(N3CCC(C)(C)CC3)oc12. The molecule has 1 aliphatic rings. The molecule has 0 unspecified atom stereocenters. The number of para-hydroxylation sites is 1. The first kappa shape index (κ1) is 25.8. The van der Waals surface area contributed by atoms with Crippen LogP contribution in [0.2, 0.25) is 0 Å². The summed E-state index contributed by atoms with van der Waals surface area (Å²) in [5.74, 6) is -0.0630. The molecule has 0 aliphatic carbocycles. The van der Waals surface area contributed by atoms with E-state index in [4.69, 9.17) is 4.42 Å². The van der Waals surface area contributed by atoms with Crippen LogP contribution >= 0.6 is 0 Å². The van der Waals surface area contributed by atoms with Crippen LogP contribution < -0.4 is 20.4 Å². The van der Waals surface area contributed by atoms with Gasteiger partial charge in [-0.3, -0.25) is 9.59 Å². The Hall–Kier alpha value is -3.33. The summed E-state index contributed by atoms with van der Waals surface area (Å²) in [4.78, 5) is 26.5. The number of rotatable bonds is 7. The molecule has 1 aromatic heterocycles. The minimum absolute atomic E-state index is 0.00357. The van der Waals surface area contributed by atoms with Gasteiger partial charge < -0.3 is 14.6 Å². The summed E-state index contributed by atoms with van der Waals surface area (Å²) in [6.45, 7) is 9.68. The first-order chi connectivity index (χ1) is 16.9. The van der Waals surface area contributed by atoms with Gasteiger partial charge in [0.25, 0.3) is 10.0 Å². The van der Waals surface area contributed by atoms with Crippen LogP contribution in [0.15, 0.2) is 56.6 Å². The van der Waals surface area contributed by atoms with Crippen molar-refractivity contribution < 1.29 is 17.6 Å². The van der Waals surface area contributed by atoms with Crippen LogP contribution in [-0.2, 0) is 21.2 Å². The van der Waals surface area contributed by atoms with Crippen molar-refractivity contribution in [3.63, 3.8) is 0 Å². The third kappa shape index (κ3) is 5.73. The van der Waals surface area contributed by atoms with Gasteiger partial charge >= 0.3 is 0 Å². The number of nitrogens with one attached hydrogen (secondary N) is 2. The summed E-state index contributed by atoms with van der Waals surface area (Å²) >= 11 is 0. The molecule has 1 saturated heterocycles. The molecule has 2 aromatic carbocycles. The zero-order valence-electron chi connectivity index (χ0n) is 21.2. The minimum Gasteiger partial charge on any atom is -0.440 e. The Labute approximate surface area is 211 Å². The number of anilines is 2. The van der Waals surface area contributed by atoms with Gasteiger partial charge in [0.15, 0.2) is 11.3 Å². The molecule has 2 heterocycles. The van der Waals surface area contributed by atoms with Crippen molar-refractivity contribution >= 4 is 38.5 Å². The van der Waals surface area contributed by atoms with Gasteiger partial charge in [-0.05, 0) is 60.9 Å². The topological polar surface area (TPSA) is 109 Å². The summed E-state index contributed by atoms with van der Waals surface area (Å²) in [6.07, 6.45) is 2.56. The molecule has 36 heavy (non-hydrogen) atoms. The van der Waals surface area contributed by atoms with Gasteiger partial charge in [-0.25, -0.2) is 13.1 Å². The van der Waals surface area contributed by atoms with Crippen LogP contribution in [0.4, 0.5) is 11.6 Å². The van der Waals surface area contributed by atoms with E-state index in [-0.39, 0.29) is 15.7 Å². The maximum atomic E-state index is 13.0. The highest BCUT2D eigenvalue weighted by atomic mass is 32.2.